The minimum Gasteiger partial charge on any atom is -0.408 e. The molecular weight excluding hydrogens is 390 g/mol. The zero-order valence-electron chi connectivity index (χ0n) is 19.5. The number of hydrogen-bond acceptors (Lipinski definition) is 5. The van der Waals surface area contributed by atoms with Crippen molar-refractivity contribution in [2.75, 3.05) is 6.61 Å². The lowest BCUT2D eigenvalue weighted by molar-refractivity contribution is -0.0707. The van der Waals surface area contributed by atoms with Crippen LogP contribution in [-0.2, 0) is 18.0 Å². The molecule has 0 aliphatic carbocycles. The van der Waals surface area contributed by atoms with Crippen LogP contribution >= 0.6 is 0 Å². The van der Waals surface area contributed by atoms with E-state index >= 15 is 0 Å². The maximum Gasteiger partial charge on any atom is 0.349 e. The molecule has 4 atom stereocenters. The van der Waals surface area contributed by atoms with Gasteiger partial charge in [-0.3, -0.25) is 0 Å². The molecule has 0 spiro atoms. The van der Waals surface area contributed by atoms with Crippen LogP contribution in [0.4, 0.5) is 0 Å². The molecule has 28 heavy (non-hydrogen) atoms. The molecule has 2 rings (SSSR count). The number of fused-ring (bicyclic) bond motifs is 1. The summed E-state index contributed by atoms with van der Waals surface area (Å²) < 4.78 is 26.1. The van der Waals surface area contributed by atoms with Crippen molar-refractivity contribution in [3.8, 4) is 0 Å². The number of ether oxygens (including phenoxy) is 1. The Labute approximate surface area is 172 Å². The van der Waals surface area contributed by atoms with E-state index in [0.29, 0.717) is 6.61 Å². The number of nitrogens with zero attached hydrogens (tertiary/aromatic N) is 3. The molecule has 0 radical (unpaired) electrons. The van der Waals surface area contributed by atoms with Gasteiger partial charge in [0.15, 0.2) is 14.5 Å². The highest BCUT2D eigenvalue weighted by atomic mass is 28.4. The molecular formula is C19H39N3O4Si2. The lowest BCUT2D eigenvalue weighted by atomic mass is 10.1. The van der Waals surface area contributed by atoms with Gasteiger partial charge in [-0.05, 0) is 23.7 Å². The summed E-state index contributed by atoms with van der Waals surface area (Å²) in [6.45, 7) is 24.6. The van der Waals surface area contributed by atoms with E-state index < -0.39 is 29.2 Å². The maximum absolute atomic E-state index is 9.07. The first-order valence-electron chi connectivity index (χ1n) is 10.2. The fraction of sp³-hybridized carbons (Fsp3) is 1.00. The molecule has 9 heteroatoms. The number of rotatable bonds is 3. The zero-order valence-corrected chi connectivity index (χ0v) is 21.5. The predicted octanol–water partition coefficient (Wildman–Crippen LogP) is 5.87. The van der Waals surface area contributed by atoms with Gasteiger partial charge >= 0.3 is 8.56 Å². The van der Waals surface area contributed by atoms with Gasteiger partial charge in [-0.15, -0.1) is 0 Å². The lowest BCUT2D eigenvalue weighted by Gasteiger charge is -2.54. The fourth-order valence-electron chi connectivity index (χ4n) is 4.11. The summed E-state index contributed by atoms with van der Waals surface area (Å²) in [5, 5.41) is 3.67. The molecule has 2 saturated heterocycles. The molecule has 0 saturated carbocycles. The van der Waals surface area contributed by atoms with Crippen LogP contribution in [0, 0.1) is 0 Å². The summed E-state index contributed by atoms with van der Waals surface area (Å²) in [7, 11) is -4.79. The van der Waals surface area contributed by atoms with E-state index in [4.69, 9.17) is 23.5 Å². The fourth-order valence-corrected chi connectivity index (χ4v) is 10.4. The third kappa shape index (κ3) is 4.08. The summed E-state index contributed by atoms with van der Waals surface area (Å²) in [4.78, 5) is 3.00. The monoisotopic (exact) mass is 429 g/mol. The standard InChI is InChI=1S/C19H39N3O4Si2/c1-17(2,3)27(10,11)25-15-14-13(24-16(15)21-22-20)12-23-28(26-14,18(4,5)6)19(7,8)9/h13-16H,12H2,1-11H3/t13-,14-,15-,16-/m1/s1. The highest BCUT2D eigenvalue weighted by molar-refractivity contribution is 6.74. The molecule has 0 amide bonds. The van der Waals surface area contributed by atoms with Crippen molar-refractivity contribution in [2.45, 2.75) is 115 Å². The van der Waals surface area contributed by atoms with Gasteiger partial charge in [0.05, 0.1) is 6.61 Å². The van der Waals surface area contributed by atoms with Gasteiger partial charge in [0.2, 0.25) is 0 Å². The first-order chi connectivity index (χ1) is 12.5. The first-order valence-corrected chi connectivity index (χ1v) is 14.9. The van der Waals surface area contributed by atoms with Crippen molar-refractivity contribution in [1.82, 2.24) is 0 Å². The largest absolute Gasteiger partial charge is 0.408 e. The average Bonchev–Trinajstić information content (AvgIpc) is 2.80. The van der Waals surface area contributed by atoms with Crippen LogP contribution in [0.25, 0.3) is 10.4 Å². The summed E-state index contributed by atoms with van der Waals surface area (Å²) in [5.41, 5.74) is 9.07. The molecule has 162 valence electrons. The summed E-state index contributed by atoms with van der Waals surface area (Å²) in [5.74, 6) is 0. The van der Waals surface area contributed by atoms with E-state index in [1.165, 1.54) is 0 Å². The van der Waals surface area contributed by atoms with Gasteiger partial charge in [-0.2, -0.15) is 0 Å². The maximum atomic E-state index is 9.07. The van der Waals surface area contributed by atoms with E-state index in [2.05, 4.69) is 85.4 Å². The Balaban J connectivity index is 2.45. The van der Waals surface area contributed by atoms with Gasteiger partial charge in [0.1, 0.15) is 18.3 Å². The van der Waals surface area contributed by atoms with Gasteiger partial charge < -0.3 is 18.0 Å². The van der Waals surface area contributed by atoms with Gasteiger partial charge in [-0.25, -0.2) is 0 Å². The van der Waals surface area contributed by atoms with Crippen LogP contribution in [0.3, 0.4) is 0 Å². The Morgan fingerprint density at radius 2 is 1.57 bits per heavy atom. The second-order valence-corrected chi connectivity index (χ2v) is 21.1. The molecule has 0 bridgehead atoms. The molecule has 0 unspecified atom stereocenters. The second-order valence-electron chi connectivity index (χ2n) is 11.6. The molecule has 2 aliphatic heterocycles. The van der Waals surface area contributed by atoms with Crippen LogP contribution in [0.5, 0.6) is 0 Å². The topological polar surface area (TPSA) is 85.7 Å². The number of hydrogen-bond donors (Lipinski definition) is 0. The smallest absolute Gasteiger partial charge is 0.349 e. The summed E-state index contributed by atoms with van der Waals surface area (Å²) >= 11 is 0. The lowest BCUT2D eigenvalue weighted by Crippen LogP contribution is -2.66. The van der Waals surface area contributed by atoms with Crippen LogP contribution in [-0.4, -0.2) is 48.0 Å². The molecule has 2 fully saturated rings. The van der Waals surface area contributed by atoms with Gasteiger partial charge in [-0.1, -0.05) is 67.4 Å². The van der Waals surface area contributed by atoms with Crippen molar-refractivity contribution < 1.29 is 18.0 Å². The Hall–Kier alpha value is -0.416. The van der Waals surface area contributed by atoms with Crippen LogP contribution in [0.1, 0.15) is 62.3 Å². The number of azide groups is 1. The Bertz CT molecular complexity index is 617. The Morgan fingerprint density at radius 1 is 1.04 bits per heavy atom. The third-order valence-corrected chi connectivity index (χ3v) is 16.0. The Kier molecular flexibility index (Phi) is 6.28. The second kappa shape index (κ2) is 7.37. The molecule has 0 N–H and O–H groups in total. The third-order valence-electron chi connectivity index (χ3n) is 6.42. The van der Waals surface area contributed by atoms with Crippen LogP contribution < -0.4 is 0 Å². The van der Waals surface area contributed by atoms with E-state index in [9.17, 15) is 0 Å². The molecule has 0 aromatic heterocycles. The average molecular weight is 430 g/mol. The molecule has 0 aromatic carbocycles. The van der Waals surface area contributed by atoms with Crippen molar-refractivity contribution in [1.29, 1.82) is 0 Å². The van der Waals surface area contributed by atoms with E-state index in [1.54, 1.807) is 0 Å². The SMILES string of the molecule is CC(C)(C)[Si](C)(C)O[C@@H]1[C@@H]2O[Si](C(C)(C)C)(C(C)(C)C)OC[C@H]2O[C@H]1N=[N+]=[N-]. The summed E-state index contributed by atoms with van der Waals surface area (Å²) in [6, 6.07) is 0. The molecule has 0 aromatic rings. The van der Waals surface area contributed by atoms with Crippen molar-refractivity contribution in [3.63, 3.8) is 0 Å². The quantitative estimate of drug-likeness (QED) is 0.243. The van der Waals surface area contributed by atoms with Crippen LogP contribution in [0.2, 0.25) is 28.2 Å². The highest BCUT2D eigenvalue weighted by Gasteiger charge is 2.65. The molecule has 7 nitrogen and oxygen atoms in total. The minimum absolute atomic E-state index is 0.0275. The summed E-state index contributed by atoms with van der Waals surface area (Å²) in [6.07, 6.45) is -1.68. The normalized spacial score (nSPS) is 31.2. The van der Waals surface area contributed by atoms with Gasteiger partial charge in [0.25, 0.3) is 0 Å². The highest BCUT2D eigenvalue weighted by Crippen LogP contribution is 2.56. The van der Waals surface area contributed by atoms with Gasteiger partial charge in [0, 0.05) is 15.0 Å². The van der Waals surface area contributed by atoms with Crippen LogP contribution in [0.15, 0.2) is 5.11 Å². The van der Waals surface area contributed by atoms with E-state index in [0.717, 1.165) is 0 Å². The van der Waals surface area contributed by atoms with E-state index in [-0.39, 0.29) is 27.3 Å². The molecule has 2 aliphatic rings. The van der Waals surface area contributed by atoms with Crippen molar-refractivity contribution in [2.24, 2.45) is 5.11 Å². The first kappa shape index (κ1) is 23.9. The van der Waals surface area contributed by atoms with Crippen molar-refractivity contribution in [3.05, 3.63) is 10.4 Å². The van der Waals surface area contributed by atoms with E-state index in [1.807, 2.05) is 0 Å². The minimum atomic E-state index is -2.67. The zero-order chi connectivity index (χ0) is 21.8. The predicted molar refractivity (Wildman–Crippen MR) is 116 cm³/mol. The van der Waals surface area contributed by atoms with Crippen molar-refractivity contribution >= 4 is 16.9 Å². The molecule has 2 heterocycles. The Morgan fingerprint density at radius 3 is 2.00 bits per heavy atom.